The van der Waals surface area contributed by atoms with Crippen molar-refractivity contribution in [3.63, 3.8) is 0 Å². The summed E-state index contributed by atoms with van der Waals surface area (Å²) in [5.74, 6) is 1.09. The molecular formula is C27H29F3O4. The Morgan fingerprint density at radius 2 is 1.44 bits per heavy atom. The van der Waals surface area contributed by atoms with E-state index in [1.165, 1.54) is 31.4 Å². The Morgan fingerprint density at radius 3 is 2.00 bits per heavy atom. The molecule has 34 heavy (non-hydrogen) atoms. The molecule has 0 radical (unpaired) electrons. The minimum absolute atomic E-state index is 0.0923. The van der Waals surface area contributed by atoms with Crippen molar-refractivity contribution in [3.05, 3.63) is 54.1 Å². The van der Waals surface area contributed by atoms with Crippen LogP contribution in [0.3, 0.4) is 0 Å². The minimum Gasteiger partial charge on any atom is -0.483 e. The zero-order valence-electron chi connectivity index (χ0n) is 19.4. The fraction of sp³-hybridized carbons (Fsp3) is 0.519. The van der Waals surface area contributed by atoms with Gasteiger partial charge in [-0.25, -0.2) is 4.79 Å². The second-order valence-corrected chi connectivity index (χ2v) is 10.7. The third-order valence-corrected chi connectivity index (χ3v) is 8.04. The van der Waals surface area contributed by atoms with Gasteiger partial charge in [-0.05, 0) is 100 Å². The van der Waals surface area contributed by atoms with Gasteiger partial charge in [-0.15, -0.1) is 13.2 Å². The Kier molecular flexibility index (Phi) is 5.57. The number of para-hydroxylation sites is 1. The number of rotatable bonds is 6. The van der Waals surface area contributed by atoms with Crippen LogP contribution in [-0.2, 0) is 0 Å². The van der Waals surface area contributed by atoms with Crippen molar-refractivity contribution in [2.75, 3.05) is 0 Å². The monoisotopic (exact) mass is 474 g/mol. The van der Waals surface area contributed by atoms with Crippen LogP contribution in [0.25, 0.3) is 0 Å². The molecule has 0 atom stereocenters. The number of ether oxygens (including phenoxy) is 3. The Morgan fingerprint density at radius 1 is 0.853 bits per heavy atom. The Balaban J connectivity index is 1.44. The fourth-order valence-corrected chi connectivity index (χ4v) is 6.81. The van der Waals surface area contributed by atoms with Crippen LogP contribution in [0.4, 0.5) is 13.2 Å². The molecule has 7 heteroatoms. The number of alkyl halides is 3. The van der Waals surface area contributed by atoms with E-state index in [-0.39, 0.29) is 16.7 Å². The Hall–Kier alpha value is -2.70. The normalized spacial score (nSPS) is 28.0. The van der Waals surface area contributed by atoms with E-state index in [4.69, 9.17) is 9.47 Å². The maximum atomic E-state index is 13.1. The van der Waals surface area contributed by atoms with Crippen molar-refractivity contribution in [3.8, 4) is 17.2 Å². The number of carbonyl (C=O) groups is 1. The van der Waals surface area contributed by atoms with E-state index in [2.05, 4.69) is 4.74 Å². The average Bonchev–Trinajstić information content (AvgIpc) is 2.73. The van der Waals surface area contributed by atoms with Crippen LogP contribution in [0, 0.1) is 23.2 Å². The van der Waals surface area contributed by atoms with Crippen LogP contribution in [0.1, 0.15) is 62.7 Å². The number of hydrogen-bond donors (Lipinski definition) is 0. The van der Waals surface area contributed by atoms with Gasteiger partial charge in [0.2, 0.25) is 0 Å². The molecule has 4 saturated carbocycles. The summed E-state index contributed by atoms with van der Waals surface area (Å²) < 4.78 is 55.4. The molecule has 0 spiro atoms. The predicted octanol–water partition coefficient (Wildman–Crippen LogP) is 7.18. The van der Waals surface area contributed by atoms with Gasteiger partial charge in [-0.1, -0.05) is 18.2 Å². The lowest BCUT2D eigenvalue weighted by Crippen LogP contribution is -2.58. The molecule has 0 N–H and O–H groups in total. The summed E-state index contributed by atoms with van der Waals surface area (Å²) in [6.45, 7) is 3.93. The topological polar surface area (TPSA) is 44.8 Å². The van der Waals surface area contributed by atoms with Crippen molar-refractivity contribution >= 4 is 5.97 Å². The third-order valence-electron chi connectivity index (χ3n) is 8.04. The zero-order chi connectivity index (χ0) is 24.1. The van der Waals surface area contributed by atoms with E-state index in [9.17, 15) is 18.0 Å². The summed E-state index contributed by atoms with van der Waals surface area (Å²) in [5, 5.41) is 0. The highest BCUT2D eigenvalue weighted by Crippen LogP contribution is 2.64. The van der Waals surface area contributed by atoms with Gasteiger partial charge in [0.1, 0.15) is 11.4 Å². The molecule has 4 aliphatic carbocycles. The number of esters is 1. The molecular weight excluding hydrogens is 445 g/mol. The van der Waals surface area contributed by atoms with E-state index in [0.717, 1.165) is 25.3 Å². The summed E-state index contributed by atoms with van der Waals surface area (Å²) in [7, 11) is 0. The highest BCUT2D eigenvalue weighted by molar-refractivity contribution is 5.91. The first kappa shape index (κ1) is 23.1. The molecule has 0 amide bonds. The predicted molar refractivity (Wildman–Crippen MR) is 120 cm³/mol. The molecule has 2 aromatic rings. The van der Waals surface area contributed by atoms with Crippen LogP contribution in [0.5, 0.6) is 17.2 Å². The van der Waals surface area contributed by atoms with E-state index in [0.29, 0.717) is 23.5 Å². The van der Waals surface area contributed by atoms with Gasteiger partial charge in [0, 0.05) is 5.41 Å². The molecule has 4 aliphatic rings. The van der Waals surface area contributed by atoms with Gasteiger partial charge < -0.3 is 14.2 Å². The van der Waals surface area contributed by atoms with Crippen molar-refractivity contribution in [1.29, 1.82) is 0 Å². The van der Waals surface area contributed by atoms with Gasteiger partial charge in [0.05, 0.1) is 5.56 Å². The maximum absolute atomic E-state index is 13.1. The fourth-order valence-electron chi connectivity index (χ4n) is 6.81. The molecule has 182 valence electrons. The lowest BCUT2D eigenvalue weighted by Gasteiger charge is -2.61. The van der Waals surface area contributed by atoms with E-state index in [1.807, 2.05) is 13.8 Å². The molecule has 0 saturated heterocycles. The van der Waals surface area contributed by atoms with Gasteiger partial charge in [0.15, 0.2) is 11.5 Å². The van der Waals surface area contributed by atoms with Crippen molar-refractivity contribution < 1.29 is 32.2 Å². The van der Waals surface area contributed by atoms with Crippen molar-refractivity contribution in [2.24, 2.45) is 23.2 Å². The molecule has 2 aromatic carbocycles. The van der Waals surface area contributed by atoms with Crippen LogP contribution >= 0.6 is 0 Å². The minimum atomic E-state index is -4.88. The summed E-state index contributed by atoms with van der Waals surface area (Å²) in [5.41, 5.74) is -0.735. The molecule has 4 fully saturated rings. The Labute approximate surface area is 197 Å². The van der Waals surface area contributed by atoms with Crippen molar-refractivity contribution in [1.82, 2.24) is 0 Å². The standard InChI is InChI=1S/C27H29F3O4/c1-25(2,26-14-17-10-18(15-26)12-19(11-17)16-26)33-23-13-20(8-9-22(23)34-27(28,29)30)24(31)32-21-6-4-3-5-7-21/h3-9,13,17-19H,10-12,14-16H2,1-2H3. The molecule has 0 unspecified atom stereocenters. The van der Waals surface area contributed by atoms with Crippen LogP contribution in [0.15, 0.2) is 48.5 Å². The highest BCUT2D eigenvalue weighted by atomic mass is 19.4. The molecule has 4 bridgehead atoms. The van der Waals surface area contributed by atoms with E-state index in [1.54, 1.807) is 30.3 Å². The highest BCUT2D eigenvalue weighted by Gasteiger charge is 2.58. The lowest BCUT2D eigenvalue weighted by atomic mass is 9.46. The summed E-state index contributed by atoms with van der Waals surface area (Å²) in [6.07, 6.45) is 1.94. The number of halogens is 3. The SMILES string of the molecule is CC(C)(Oc1cc(C(=O)Oc2ccccc2)ccc1OC(F)(F)F)C12CC3CC(CC(C3)C1)C2. The van der Waals surface area contributed by atoms with Gasteiger partial charge in [0.25, 0.3) is 0 Å². The van der Waals surface area contributed by atoms with Crippen molar-refractivity contribution in [2.45, 2.75) is 64.3 Å². The lowest BCUT2D eigenvalue weighted by molar-refractivity contribution is -0.275. The first-order valence-corrected chi connectivity index (χ1v) is 11.9. The largest absolute Gasteiger partial charge is 0.573 e. The maximum Gasteiger partial charge on any atom is 0.573 e. The van der Waals surface area contributed by atoms with E-state index < -0.39 is 23.7 Å². The molecule has 0 heterocycles. The van der Waals surface area contributed by atoms with Crippen LogP contribution in [0.2, 0.25) is 0 Å². The summed E-state index contributed by atoms with van der Waals surface area (Å²) in [4.78, 5) is 12.7. The molecule has 0 aliphatic heterocycles. The quantitative estimate of drug-likeness (QED) is 0.329. The summed E-state index contributed by atoms with van der Waals surface area (Å²) in [6, 6.07) is 12.2. The number of carbonyl (C=O) groups excluding carboxylic acids is 1. The first-order valence-electron chi connectivity index (χ1n) is 11.9. The molecule has 6 rings (SSSR count). The van der Waals surface area contributed by atoms with Crippen LogP contribution < -0.4 is 14.2 Å². The number of benzene rings is 2. The van der Waals surface area contributed by atoms with Crippen LogP contribution in [-0.4, -0.2) is 17.9 Å². The first-order chi connectivity index (χ1) is 16.0. The zero-order valence-corrected chi connectivity index (χ0v) is 19.4. The molecule has 4 nitrogen and oxygen atoms in total. The second-order valence-electron chi connectivity index (χ2n) is 10.7. The summed E-state index contributed by atoms with van der Waals surface area (Å²) >= 11 is 0. The van der Waals surface area contributed by atoms with E-state index >= 15 is 0 Å². The molecule has 0 aromatic heterocycles. The van der Waals surface area contributed by atoms with Gasteiger partial charge >= 0.3 is 12.3 Å². The van der Waals surface area contributed by atoms with Gasteiger partial charge in [-0.3, -0.25) is 0 Å². The smallest absolute Gasteiger partial charge is 0.483 e. The third kappa shape index (κ3) is 4.49. The number of hydrogen-bond acceptors (Lipinski definition) is 4. The second kappa shape index (κ2) is 8.21. The average molecular weight is 475 g/mol. The Bertz CT molecular complexity index is 1030. The van der Waals surface area contributed by atoms with Gasteiger partial charge in [-0.2, -0.15) is 0 Å².